The number of amides is 1. The summed E-state index contributed by atoms with van der Waals surface area (Å²) in [5, 5.41) is 16.3. The molecule has 0 aliphatic carbocycles. The molecule has 4 rings (SSSR count). The Morgan fingerprint density at radius 1 is 1.11 bits per heavy atom. The van der Waals surface area contributed by atoms with Gasteiger partial charge in [-0.3, -0.25) is 10.2 Å². The minimum Gasteiger partial charge on any atom is -0.282 e. The average Bonchev–Trinajstić information content (AvgIpc) is 3.10. The number of hydrazone groups is 1. The number of nitrogens with zero attached hydrogens (tertiary/aromatic N) is 3. The van der Waals surface area contributed by atoms with E-state index >= 15 is 0 Å². The van der Waals surface area contributed by atoms with Gasteiger partial charge in [0.1, 0.15) is 5.04 Å². The lowest BCUT2D eigenvalue weighted by Crippen LogP contribution is -2.35. The van der Waals surface area contributed by atoms with Crippen molar-refractivity contribution in [2.45, 2.75) is 19.8 Å². The highest BCUT2D eigenvalue weighted by atomic mass is 35.5. The summed E-state index contributed by atoms with van der Waals surface area (Å²) in [5.41, 5.74) is 3.38. The monoisotopic (exact) mass is 408 g/mol. The van der Waals surface area contributed by atoms with Gasteiger partial charge in [0.05, 0.1) is 5.57 Å². The molecule has 0 atom stereocenters. The molecule has 2 aliphatic heterocycles. The molecule has 0 radical (unpaired) electrons. The van der Waals surface area contributed by atoms with Crippen LogP contribution in [0, 0.1) is 5.41 Å². The van der Waals surface area contributed by atoms with E-state index in [1.165, 1.54) is 22.3 Å². The summed E-state index contributed by atoms with van der Waals surface area (Å²) in [5.74, 6) is -0.362. The fourth-order valence-electron chi connectivity index (χ4n) is 2.90. The van der Waals surface area contributed by atoms with Gasteiger partial charge in [0.15, 0.2) is 5.84 Å². The van der Waals surface area contributed by atoms with Crippen LogP contribution in [-0.2, 0) is 17.6 Å². The van der Waals surface area contributed by atoms with E-state index in [-0.39, 0.29) is 11.4 Å². The van der Waals surface area contributed by atoms with Gasteiger partial charge >= 0.3 is 0 Å². The van der Waals surface area contributed by atoms with Gasteiger partial charge < -0.3 is 0 Å². The minimum absolute atomic E-state index is 0.0492. The Morgan fingerprint density at radius 3 is 2.46 bits per heavy atom. The van der Waals surface area contributed by atoms with Gasteiger partial charge in [-0.25, -0.2) is 0 Å². The van der Waals surface area contributed by atoms with Crippen LogP contribution in [0.4, 0.5) is 0 Å². The van der Waals surface area contributed by atoms with Gasteiger partial charge in [-0.15, -0.1) is 0 Å². The summed E-state index contributed by atoms with van der Waals surface area (Å²) in [4.78, 5) is 16.6. The van der Waals surface area contributed by atoms with Crippen LogP contribution in [0.25, 0.3) is 6.08 Å². The minimum atomic E-state index is -0.411. The standard InChI is InChI=1S/C21H17ClN4OS/c1-2-13-3-5-14(6-4-13)11-17-19(23)26-21(24-20(17)27)28-18(25-26)12-15-7-9-16(22)10-8-15/h3-11,23H,2,12H2,1H3/b17-11-,23-19?. The van der Waals surface area contributed by atoms with Crippen molar-refractivity contribution >= 4 is 51.4 Å². The molecule has 0 fully saturated rings. The van der Waals surface area contributed by atoms with E-state index in [0.717, 1.165) is 22.6 Å². The summed E-state index contributed by atoms with van der Waals surface area (Å²) in [6.45, 7) is 2.09. The van der Waals surface area contributed by atoms with Crippen LogP contribution in [0.5, 0.6) is 0 Å². The Morgan fingerprint density at radius 2 is 1.79 bits per heavy atom. The van der Waals surface area contributed by atoms with Crippen molar-refractivity contribution in [3.63, 3.8) is 0 Å². The Hall–Kier alpha value is -2.70. The molecule has 1 amide bonds. The number of benzene rings is 2. The molecule has 0 unspecified atom stereocenters. The maximum absolute atomic E-state index is 12.5. The zero-order valence-corrected chi connectivity index (χ0v) is 16.7. The molecule has 0 spiro atoms. The van der Waals surface area contributed by atoms with Gasteiger partial charge in [-0.2, -0.15) is 15.1 Å². The van der Waals surface area contributed by atoms with E-state index in [9.17, 15) is 4.79 Å². The first-order valence-electron chi connectivity index (χ1n) is 8.86. The van der Waals surface area contributed by atoms with Crippen LogP contribution in [-0.4, -0.2) is 27.0 Å². The summed E-state index contributed by atoms with van der Waals surface area (Å²) < 4.78 is 0. The smallest absolute Gasteiger partial charge is 0.282 e. The Balaban J connectivity index is 1.57. The predicted octanol–water partition coefficient (Wildman–Crippen LogP) is 4.76. The molecule has 0 saturated carbocycles. The topological polar surface area (TPSA) is 68.9 Å². The molecule has 28 heavy (non-hydrogen) atoms. The quantitative estimate of drug-likeness (QED) is 0.741. The van der Waals surface area contributed by atoms with Crippen LogP contribution in [0.3, 0.4) is 0 Å². The third kappa shape index (κ3) is 3.79. The van der Waals surface area contributed by atoms with E-state index in [0.29, 0.717) is 16.6 Å². The van der Waals surface area contributed by atoms with Crippen molar-refractivity contribution in [3.8, 4) is 0 Å². The van der Waals surface area contributed by atoms with Crippen LogP contribution in [0.2, 0.25) is 5.02 Å². The molecule has 5 nitrogen and oxygen atoms in total. The zero-order chi connectivity index (χ0) is 19.7. The summed E-state index contributed by atoms with van der Waals surface area (Å²) in [6.07, 6.45) is 3.24. The number of aliphatic imine (C=N–C) groups is 1. The molecule has 0 saturated heterocycles. The molecule has 1 N–H and O–H groups in total. The Labute approximate surface area is 172 Å². The van der Waals surface area contributed by atoms with Crippen LogP contribution in [0.1, 0.15) is 23.6 Å². The highest BCUT2D eigenvalue weighted by Crippen LogP contribution is 2.29. The molecule has 140 valence electrons. The van der Waals surface area contributed by atoms with Crippen molar-refractivity contribution in [1.82, 2.24) is 5.01 Å². The number of hydrogen-bond acceptors (Lipinski definition) is 4. The lowest BCUT2D eigenvalue weighted by atomic mass is 10.1. The summed E-state index contributed by atoms with van der Waals surface area (Å²) >= 11 is 7.25. The van der Waals surface area contributed by atoms with E-state index in [1.807, 2.05) is 48.5 Å². The van der Waals surface area contributed by atoms with Crippen molar-refractivity contribution < 1.29 is 4.79 Å². The average molecular weight is 409 g/mol. The first-order valence-corrected chi connectivity index (χ1v) is 10.1. The molecule has 2 aromatic carbocycles. The second-order valence-corrected chi connectivity index (χ2v) is 7.89. The molecule has 2 heterocycles. The number of nitrogens with one attached hydrogen (secondary N) is 1. The van der Waals surface area contributed by atoms with Gasteiger partial charge in [0.2, 0.25) is 5.17 Å². The maximum Gasteiger partial charge on any atom is 0.283 e. The SMILES string of the molecule is CCc1ccc(/C=C2/C(=N)N3N=C(Cc4ccc(Cl)cc4)SC3=NC2=O)cc1. The van der Waals surface area contributed by atoms with Crippen LogP contribution in [0.15, 0.2) is 64.2 Å². The Bertz CT molecular complexity index is 1040. The molecule has 2 aromatic rings. The van der Waals surface area contributed by atoms with Crippen molar-refractivity contribution in [3.05, 3.63) is 75.8 Å². The lowest BCUT2D eigenvalue weighted by molar-refractivity contribution is -0.114. The van der Waals surface area contributed by atoms with E-state index < -0.39 is 5.91 Å². The number of thioether (sulfide) groups is 1. The van der Waals surface area contributed by atoms with Crippen LogP contribution < -0.4 is 0 Å². The molecular formula is C21H17ClN4OS. The number of aryl methyl sites for hydroxylation is 1. The first kappa shape index (κ1) is 18.7. The molecule has 7 heteroatoms. The van der Waals surface area contributed by atoms with Crippen molar-refractivity contribution in [2.75, 3.05) is 0 Å². The third-order valence-corrected chi connectivity index (χ3v) is 5.62. The second kappa shape index (κ2) is 7.73. The number of hydrogen-bond donors (Lipinski definition) is 1. The number of fused-ring (bicyclic) bond motifs is 1. The largest absolute Gasteiger partial charge is 0.283 e. The van der Waals surface area contributed by atoms with Crippen LogP contribution >= 0.6 is 23.4 Å². The van der Waals surface area contributed by atoms with Gasteiger partial charge in [0, 0.05) is 11.4 Å². The van der Waals surface area contributed by atoms with Crippen molar-refractivity contribution in [1.29, 1.82) is 5.41 Å². The maximum atomic E-state index is 12.5. The lowest BCUT2D eigenvalue weighted by Gasteiger charge is -2.20. The van der Waals surface area contributed by atoms with E-state index in [1.54, 1.807) is 6.08 Å². The fourth-order valence-corrected chi connectivity index (χ4v) is 3.94. The summed E-state index contributed by atoms with van der Waals surface area (Å²) in [7, 11) is 0. The normalized spacial score (nSPS) is 17.6. The van der Waals surface area contributed by atoms with Gasteiger partial charge in [0.25, 0.3) is 5.91 Å². The molecule has 0 bridgehead atoms. The third-order valence-electron chi connectivity index (χ3n) is 4.46. The highest BCUT2D eigenvalue weighted by molar-refractivity contribution is 8.26. The number of rotatable bonds is 4. The second-order valence-electron chi connectivity index (χ2n) is 6.41. The van der Waals surface area contributed by atoms with Gasteiger partial charge in [-0.1, -0.05) is 54.9 Å². The fraction of sp³-hybridized carbons (Fsp3) is 0.143. The molecule has 2 aliphatic rings. The Kier molecular flexibility index (Phi) is 5.15. The molecule has 0 aromatic heterocycles. The van der Waals surface area contributed by atoms with Gasteiger partial charge in [-0.05, 0) is 53.1 Å². The predicted molar refractivity (Wildman–Crippen MR) is 116 cm³/mol. The first-order chi connectivity index (χ1) is 13.5. The summed E-state index contributed by atoms with van der Waals surface area (Å²) in [6, 6.07) is 15.5. The highest BCUT2D eigenvalue weighted by Gasteiger charge is 2.35. The number of halogens is 1. The zero-order valence-electron chi connectivity index (χ0n) is 15.1. The van der Waals surface area contributed by atoms with Crippen molar-refractivity contribution in [2.24, 2.45) is 10.1 Å². The number of amidine groups is 2. The van der Waals surface area contributed by atoms with E-state index in [2.05, 4.69) is 17.0 Å². The number of carbonyl (C=O) groups excluding carboxylic acids is 1. The number of carbonyl (C=O) groups is 1. The van der Waals surface area contributed by atoms with E-state index in [4.69, 9.17) is 17.0 Å². The molecular weight excluding hydrogens is 392 g/mol.